The van der Waals surface area contributed by atoms with Crippen molar-refractivity contribution in [1.29, 1.82) is 0 Å². The lowest BCUT2D eigenvalue weighted by Crippen LogP contribution is -2.39. The first-order chi connectivity index (χ1) is 6.97. The number of hydrogen-bond donors (Lipinski definition) is 1. The van der Waals surface area contributed by atoms with Crippen LogP contribution in [0.1, 0.15) is 46.5 Å². The van der Waals surface area contributed by atoms with Gasteiger partial charge in [-0.2, -0.15) is 0 Å². The molecule has 0 amide bonds. The number of ether oxygens (including phenoxy) is 1. The van der Waals surface area contributed by atoms with Gasteiger partial charge in [-0.15, -0.1) is 0 Å². The van der Waals surface area contributed by atoms with Crippen LogP contribution in [0.5, 0.6) is 0 Å². The summed E-state index contributed by atoms with van der Waals surface area (Å²) in [4.78, 5) is 11.3. The van der Waals surface area contributed by atoms with E-state index in [0.717, 1.165) is 12.8 Å². The summed E-state index contributed by atoms with van der Waals surface area (Å²) in [7, 11) is 0. The first-order valence-electron chi connectivity index (χ1n) is 5.85. The number of rotatable bonds is 3. The maximum absolute atomic E-state index is 11.3. The van der Waals surface area contributed by atoms with Crippen molar-refractivity contribution in [1.82, 2.24) is 0 Å². The van der Waals surface area contributed by atoms with Crippen molar-refractivity contribution in [2.24, 2.45) is 11.8 Å². The quantitative estimate of drug-likeness (QED) is 0.732. The summed E-state index contributed by atoms with van der Waals surface area (Å²) >= 11 is 0. The van der Waals surface area contributed by atoms with E-state index in [1.807, 2.05) is 0 Å². The molecule has 3 atom stereocenters. The van der Waals surface area contributed by atoms with Crippen LogP contribution < -0.4 is 0 Å². The fourth-order valence-electron chi connectivity index (χ4n) is 2.32. The molecule has 0 aliphatic heterocycles. The van der Waals surface area contributed by atoms with Crippen LogP contribution in [0.15, 0.2) is 0 Å². The molecule has 88 valence electrons. The van der Waals surface area contributed by atoms with Gasteiger partial charge in [0.25, 0.3) is 0 Å². The Morgan fingerprint density at radius 2 is 2.13 bits per heavy atom. The van der Waals surface area contributed by atoms with Gasteiger partial charge in [0, 0.05) is 0 Å². The standard InChI is InChI=1S/C12H22O3/c1-4-15-11(13)8-12(14)6-5-9(2)10(3)7-12/h9-10,14H,4-8H2,1-3H3. The molecule has 3 nitrogen and oxygen atoms in total. The molecule has 1 N–H and O–H groups in total. The van der Waals surface area contributed by atoms with Gasteiger partial charge in [0.05, 0.1) is 18.6 Å². The first-order valence-corrected chi connectivity index (χ1v) is 5.85. The van der Waals surface area contributed by atoms with Crippen molar-refractivity contribution in [3.8, 4) is 0 Å². The van der Waals surface area contributed by atoms with Gasteiger partial charge in [-0.1, -0.05) is 13.8 Å². The molecule has 0 radical (unpaired) electrons. The van der Waals surface area contributed by atoms with E-state index in [-0.39, 0.29) is 12.4 Å². The van der Waals surface area contributed by atoms with E-state index in [0.29, 0.717) is 24.9 Å². The molecule has 1 fully saturated rings. The molecule has 3 unspecified atom stereocenters. The maximum atomic E-state index is 11.3. The monoisotopic (exact) mass is 214 g/mol. The zero-order chi connectivity index (χ0) is 11.5. The predicted octanol–water partition coefficient (Wildman–Crippen LogP) is 2.13. The Kier molecular flexibility index (Phi) is 4.14. The molecule has 0 spiro atoms. The number of hydrogen-bond acceptors (Lipinski definition) is 3. The second-order valence-corrected chi connectivity index (χ2v) is 4.90. The van der Waals surface area contributed by atoms with Crippen molar-refractivity contribution in [2.45, 2.75) is 52.1 Å². The fourth-order valence-corrected chi connectivity index (χ4v) is 2.32. The first kappa shape index (κ1) is 12.5. The third-order valence-corrected chi connectivity index (χ3v) is 3.52. The molecule has 0 bridgehead atoms. The highest BCUT2D eigenvalue weighted by molar-refractivity contribution is 5.70. The largest absolute Gasteiger partial charge is 0.466 e. The average Bonchev–Trinajstić information content (AvgIpc) is 2.12. The van der Waals surface area contributed by atoms with Crippen LogP contribution >= 0.6 is 0 Å². The molecule has 0 heterocycles. The van der Waals surface area contributed by atoms with E-state index in [4.69, 9.17) is 4.74 Å². The second kappa shape index (κ2) is 4.97. The zero-order valence-electron chi connectivity index (χ0n) is 9.95. The number of carbonyl (C=O) groups is 1. The number of aliphatic hydroxyl groups is 1. The lowest BCUT2D eigenvalue weighted by Gasteiger charge is -2.38. The third-order valence-electron chi connectivity index (χ3n) is 3.52. The topological polar surface area (TPSA) is 46.5 Å². The summed E-state index contributed by atoms with van der Waals surface area (Å²) in [6.45, 7) is 6.52. The van der Waals surface area contributed by atoms with Gasteiger partial charge < -0.3 is 9.84 Å². The SMILES string of the molecule is CCOC(=O)CC1(O)CCC(C)C(C)C1. The van der Waals surface area contributed by atoms with Crippen molar-refractivity contribution in [3.63, 3.8) is 0 Å². The maximum Gasteiger partial charge on any atom is 0.308 e. The smallest absolute Gasteiger partial charge is 0.308 e. The van der Waals surface area contributed by atoms with Gasteiger partial charge in [-0.25, -0.2) is 0 Å². The lowest BCUT2D eigenvalue weighted by atomic mass is 9.72. The summed E-state index contributed by atoms with van der Waals surface area (Å²) in [5.74, 6) is 0.854. The minimum atomic E-state index is -0.821. The summed E-state index contributed by atoms with van der Waals surface area (Å²) in [5, 5.41) is 10.3. The van der Waals surface area contributed by atoms with Crippen molar-refractivity contribution < 1.29 is 14.6 Å². The Balaban J connectivity index is 2.49. The highest BCUT2D eigenvalue weighted by atomic mass is 16.5. The van der Waals surface area contributed by atoms with E-state index in [1.165, 1.54) is 0 Å². The van der Waals surface area contributed by atoms with Gasteiger partial charge in [-0.05, 0) is 38.0 Å². The average molecular weight is 214 g/mol. The van der Waals surface area contributed by atoms with E-state index >= 15 is 0 Å². The van der Waals surface area contributed by atoms with Gasteiger partial charge in [-0.3, -0.25) is 4.79 Å². The highest BCUT2D eigenvalue weighted by Gasteiger charge is 2.37. The van der Waals surface area contributed by atoms with Crippen LogP contribution in [0.3, 0.4) is 0 Å². The third kappa shape index (κ3) is 3.49. The normalized spacial score (nSPS) is 36.3. The molecule has 0 aromatic heterocycles. The van der Waals surface area contributed by atoms with E-state index in [9.17, 15) is 9.90 Å². The number of esters is 1. The molecule has 0 aromatic rings. The molecule has 0 saturated heterocycles. The van der Waals surface area contributed by atoms with Gasteiger partial charge in [0.1, 0.15) is 0 Å². The van der Waals surface area contributed by atoms with Crippen LogP contribution in [0, 0.1) is 11.8 Å². The van der Waals surface area contributed by atoms with Crippen LogP contribution in [0.25, 0.3) is 0 Å². The van der Waals surface area contributed by atoms with Gasteiger partial charge >= 0.3 is 5.97 Å². The minimum absolute atomic E-state index is 0.151. The zero-order valence-corrected chi connectivity index (χ0v) is 9.95. The van der Waals surface area contributed by atoms with E-state index in [1.54, 1.807) is 6.92 Å². The Morgan fingerprint density at radius 3 is 2.67 bits per heavy atom. The van der Waals surface area contributed by atoms with Crippen LogP contribution in [-0.4, -0.2) is 23.3 Å². The Labute approximate surface area is 91.8 Å². The molecule has 1 aliphatic rings. The van der Waals surface area contributed by atoms with Crippen molar-refractivity contribution in [3.05, 3.63) is 0 Å². The molecule has 1 aliphatic carbocycles. The summed E-state index contributed by atoms with van der Waals surface area (Å²) < 4.78 is 4.87. The van der Waals surface area contributed by atoms with E-state index in [2.05, 4.69) is 13.8 Å². The summed E-state index contributed by atoms with van der Waals surface area (Å²) in [6.07, 6.45) is 2.58. The van der Waals surface area contributed by atoms with Crippen LogP contribution in [0.2, 0.25) is 0 Å². The Hall–Kier alpha value is -0.570. The van der Waals surface area contributed by atoms with Crippen LogP contribution in [-0.2, 0) is 9.53 Å². The van der Waals surface area contributed by atoms with Gasteiger partial charge in [0.2, 0.25) is 0 Å². The van der Waals surface area contributed by atoms with E-state index < -0.39 is 5.60 Å². The summed E-state index contributed by atoms with van der Waals surface area (Å²) in [6, 6.07) is 0. The lowest BCUT2D eigenvalue weighted by molar-refractivity contribution is -0.151. The summed E-state index contributed by atoms with van der Waals surface area (Å²) in [5.41, 5.74) is -0.821. The van der Waals surface area contributed by atoms with Crippen molar-refractivity contribution in [2.75, 3.05) is 6.61 Å². The Morgan fingerprint density at radius 1 is 1.47 bits per heavy atom. The molecule has 0 aromatic carbocycles. The number of carbonyl (C=O) groups excluding carboxylic acids is 1. The fraction of sp³-hybridized carbons (Fsp3) is 0.917. The van der Waals surface area contributed by atoms with Crippen LogP contribution in [0.4, 0.5) is 0 Å². The second-order valence-electron chi connectivity index (χ2n) is 4.90. The van der Waals surface area contributed by atoms with Gasteiger partial charge in [0.15, 0.2) is 0 Å². The van der Waals surface area contributed by atoms with Crippen molar-refractivity contribution >= 4 is 5.97 Å². The molecule has 15 heavy (non-hydrogen) atoms. The molecule has 1 rings (SSSR count). The molecule has 3 heteroatoms. The highest BCUT2D eigenvalue weighted by Crippen LogP contribution is 2.38. The molecule has 1 saturated carbocycles. The predicted molar refractivity (Wildman–Crippen MR) is 58.4 cm³/mol. The Bertz CT molecular complexity index is 227. The molecular weight excluding hydrogens is 192 g/mol. The minimum Gasteiger partial charge on any atom is -0.466 e. The molecular formula is C12H22O3.